The maximum Gasteiger partial charge on any atom is 0.311 e. The molecule has 1 aliphatic rings. The van der Waals surface area contributed by atoms with Crippen LogP contribution >= 0.6 is 11.3 Å². The van der Waals surface area contributed by atoms with E-state index in [1.807, 2.05) is 12.3 Å². The molecule has 1 fully saturated rings. The van der Waals surface area contributed by atoms with Gasteiger partial charge >= 0.3 is 5.97 Å². The molecule has 0 aliphatic heterocycles. The molecule has 0 radical (unpaired) electrons. The highest BCUT2D eigenvalue weighted by atomic mass is 32.1. The van der Waals surface area contributed by atoms with Gasteiger partial charge in [0, 0.05) is 11.3 Å². The molecular weight excluding hydrogens is 258 g/mol. The van der Waals surface area contributed by atoms with Gasteiger partial charge in [-0.15, -0.1) is 11.3 Å². The fraction of sp³-hybridized carbons (Fsp3) is 0.733. The average Bonchev–Trinajstić information content (AvgIpc) is 2.87. The second-order valence-corrected chi connectivity index (χ2v) is 6.19. The van der Waals surface area contributed by atoms with E-state index in [1.165, 1.54) is 37.1 Å². The molecule has 2 rings (SSSR count). The highest BCUT2D eigenvalue weighted by Gasteiger charge is 2.24. The quantitative estimate of drug-likeness (QED) is 0.768. The van der Waals surface area contributed by atoms with Crippen molar-refractivity contribution < 1.29 is 9.53 Å². The number of esters is 1. The van der Waals surface area contributed by atoms with Crippen LogP contribution in [0.4, 0.5) is 0 Å². The molecule has 0 aromatic carbocycles. The Morgan fingerprint density at radius 3 is 3.05 bits per heavy atom. The van der Waals surface area contributed by atoms with Gasteiger partial charge in [0.25, 0.3) is 0 Å². The fourth-order valence-corrected chi connectivity index (χ4v) is 3.81. The summed E-state index contributed by atoms with van der Waals surface area (Å²) in [5.74, 6) is 1.30. The molecule has 0 amide bonds. The first-order valence-corrected chi connectivity index (χ1v) is 8.20. The van der Waals surface area contributed by atoms with Crippen LogP contribution in [0, 0.1) is 5.92 Å². The van der Waals surface area contributed by atoms with Gasteiger partial charge in [-0.3, -0.25) is 4.79 Å². The number of ether oxygens (including phenoxy) is 1. The maximum atomic E-state index is 11.4. The number of hydrogen-bond acceptors (Lipinski definition) is 4. The zero-order valence-electron chi connectivity index (χ0n) is 11.9. The Kier molecular flexibility index (Phi) is 5.37. The number of hydrogen-bond donors (Lipinski definition) is 0. The monoisotopic (exact) mass is 281 g/mol. The van der Waals surface area contributed by atoms with Crippen LogP contribution in [0.3, 0.4) is 0 Å². The van der Waals surface area contributed by atoms with Crippen LogP contribution < -0.4 is 0 Å². The van der Waals surface area contributed by atoms with Gasteiger partial charge in [0.2, 0.25) is 0 Å². The highest BCUT2D eigenvalue weighted by Crippen LogP contribution is 2.38. The lowest BCUT2D eigenvalue weighted by molar-refractivity contribution is -0.142. The van der Waals surface area contributed by atoms with E-state index in [9.17, 15) is 4.79 Å². The maximum absolute atomic E-state index is 11.4. The van der Waals surface area contributed by atoms with Crippen molar-refractivity contribution in [1.82, 2.24) is 4.98 Å². The Morgan fingerprint density at radius 2 is 2.32 bits per heavy atom. The van der Waals surface area contributed by atoms with Crippen molar-refractivity contribution in [3.05, 3.63) is 16.1 Å². The molecule has 0 spiro atoms. The Balaban J connectivity index is 1.94. The summed E-state index contributed by atoms with van der Waals surface area (Å²) in [4.78, 5) is 16.1. The lowest BCUT2D eigenvalue weighted by Gasteiger charge is -2.26. The summed E-state index contributed by atoms with van der Waals surface area (Å²) in [6, 6.07) is 0. The molecular formula is C15H23NO2S. The minimum absolute atomic E-state index is 0.172. The summed E-state index contributed by atoms with van der Waals surface area (Å²) in [6.45, 7) is 4.55. The second kappa shape index (κ2) is 7.04. The zero-order valence-corrected chi connectivity index (χ0v) is 12.7. The summed E-state index contributed by atoms with van der Waals surface area (Å²) in [7, 11) is 0. The third kappa shape index (κ3) is 4.03. The van der Waals surface area contributed by atoms with Crippen molar-refractivity contribution >= 4 is 17.3 Å². The van der Waals surface area contributed by atoms with Gasteiger partial charge in [0.15, 0.2) is 0 Å². The van der Waals surface area contributed by atoms with E-state index in [2.05, 4.69) is 11.9 Å². The first-order chi connectivity index (χ1) is 9.22. The number of carbonyl (C=O) groups is 1. The van der Waals surface area contributed by atoms with E-state index in [1.54, 1.807) is 11.3 Å². The molecule has 19 heavy (non-hydrogen) atoms. The van der Waals surface area contributed by atoms with Crippen LogP contribution in [0.2, 0.25) is 0 Å². The summed E-state index contributed by atoms with van der Waals surface area (Å²) in [5.41, 5.74) is 0.872. The Bertz CT molecular complexity index is 416. The van der Waals surface area contributed by atoms with Crippen LogP contribution in [-0.2, 0) is 16.0 Å². The lowest BCUT2D eigenvalue weighted by Crippen LogP contribution is -2.13. The van der Waals surface area contributed by atoms with Gasteiger partial charge < -0.3 is 4.74 Å². The summed E-state index contributed by atoms with van der Waals surface area (Å²) >= 11 is 1.71. The van der Waals surface area contributed by atoms with Crippen LogP contribution in [0.15, 0.2) is 5.38 Å². The molecule has 0 saturated heterocycles. The lowest BCUT2D eigenvalue weighted by atomic mass is 9.80. The van der Waals surface area contributed by atoms with E-state index >= 15 is 0 Å². The van der Waals surface area contributed by atoms with E-state index in [0.29, 0.717) is 18.9 Å². The molecule has 0 bridgehead atoms. The van der Waals surface area contributed by atoms with Crippen molar-refractivity contribution in [2.24, 2.45) is 5.92 Å². The molecule has 4 heteroatoms. The predicted octanol–water partition coefficient (Wildman–Crippen LogP) is 3.93. The standard InChI is InChI=1S/C15H23NO2S/c1-3-11-6-5-7-12(8-11)15-16-13(10-19-15)9-14(17)18-4-2/h10-12H,3-9H2,1-2H3. The molecule has 1 aliphatic carbocycles. The van der Waals surface area contributed by atoms with Crippen LogP contribution in [0.5, 0.6) is 0 Å². The normalized spacial score (nSPS) is 23.3. The van der Waals surface area contributed by atoms with Crippen molar-refractivity contribution in [1.29, 1.82) is 0 Å². The van der Waals surface area contributed by atoms with Gasteiger partial charge in [-0.1, -0.05) is 26.2 Å². The number of carbonyl (C=O) groups excluding carboxylic acids is 1. The van der Waals surface area contributed by atoms with Gasteiger partial charge in [-0.2, -0.15) is 0 Å². The van der Waals surface area contributed by atoms with Gasteiger partial charge in [-0.25, -0.2) is 4.98 Å². The smallest absolute Gasteiger partial charge is 0.311 e. The number of nitrogens with zero attached hydrogens (tertiary/aromatic N) is 1. The molecule has 1 heterocycles. The largest absolute Gasteiger partial charge is 0.466 e. The molecule has 1 aromatic heterocycles. The van der Waals surface area contributed by atoms with Crippen molar-refractivity contribution in [2.75, 3.05) is 6.61 Å². The van der Waals surface area contributed by atoms with E-state index < -0.39 is 0 Å². The Labute approximate surface area is 119 Å². The van der Waals surface area contributed by atoms with Crippen molar-refractivity contribution in [2.45, 2.75) is 58.3 Å². The van der Waals surface area contributed by atoms with E-state index in [4.69, 9.17) is 4.74 Å². The third-order valence-corrected chi connectivity index (χ3v) is 4.97. The van der Waals surface area contributed by atoms with Crippen LogP contribution in [0.1, 0.15) is 62.6 Å². The summed E-state index contributed by atoms with van der Waals surface area (Å²) in [6.07, 6.45) is 6.79. The van der Waals surface area contributed by atoms with E-state index in [0.717, 1.165) is 11.6 Å². The fourth-order valence-electron chi connectivity index (χ4n) is 2.84. The molecule has 1 aromatic rings. The van der Waals surface area contributed by atoms with Crippen molar-refractivity contribution in [3.63, 3.8) is 0 Å². The predicted molar refractivity (Wildman–Crippen MR) is 77.4 cm³/mol. The topological polar surface area (TPSA) is 39.2 Å². The van der Waals surface area contributed by atoms with Crippen molar-refractivity contribution in [3.8, 4) is 0 Å². The third-order valence-electron chi connectivity index (χ3n) is 3.91. The van der Waals surface area contributed by atoms with Crippen LogP contribution in [0.25, 0.3) is 0 Å². The van der Waals surface area contributed by atoms with Gasteiger partial charge in [-0.05, 0) is 25.7 Å². The summed E-state index contributed by atoms with van der Waals surface area (Å²) in [5, 5.41) is 3.24. The van der Waals surface area contributed by atoms with E-state index in [-0.39, 0.29) is 5.97 Å². The van der Waals surface area contributed by atoms with Gasteiger partial charge in [0.05, 0.1) is 23.7 Å². The minimum atomic E-state index is -0.172. The number of rotatable bonds is 5. The Hall–Kier alpha value is -0.900. The SMILES string of the molecule is CCOC(=O)Cc1csc(C2CCCC(CC)C2)n1. The Morgan fingerprint density at radius 1 is 1.47 bits per heavy atom. The minimum Gasteiger partial charge on any atom is -0.466 e. The highest BCUT2D eigenvalue weighted by molar-refractivity contribution is 7.09. The molecule has 2 atom stereocenters. The molecule has 1 saturated carbocycles. The average molecular weight is 281 g/mol. The van der Waals surface area contributed by atoms with Gasteiger partial charge in [0.1, 0.15) is 0 Å². The molecule has 2 unspecified atom stereocenters. The first kappa shape index (κ1) is 14.5. The molecule has 0 N–H and O–H groups in total. The summed E-state index contributed by atoms with van der Waals surface area (Å²) < 4.78 is 4.96. The number of aromatic nitrogens is 1. The van der Waals surface area contributed by atoms with Crippen LogP contribution in [-0.4, -0.2) is 17.6 Å². The second-order valence-electron chi connectivity index (χ2n) is 5.30. The molecule has 3 nitrogen and oxygen atoms in total. The molecule has 106 valence electrons. The first-order valence-electron chi connectivity index (χ1n) is 7.32. The zero-order chi connectivity index (χ0) is 13.7. The number of thiazole rings is 1.